The summed E-state index contributed by atoms with van der Waals surface area (Å²) in [6.07, 6.45) is 0. The maximum absolute atomic E-state index is 8.43. The summed E-state index contributed by atoms with van der Waals surface area (Å²) >= 11 is 0. The van der Waals surface area contributed by atoms with Crippen molar-refractivity contribution in [3.05, 3.63) is 0 Å². The van der Waals surface area contributed by atoms with Crippen LogP contribution in [0.2, 0.25) is 0 Å². The first-order chi connectivity index (χ1) is 4.81. The highest BCUT2D eigenvalue weighted by Crippen LogP contribution is 1.75. The number of nitrogens with one attached hydrogen (secondary N) is 2. The van der Waals surface area contributed by atoms with Gasteiger partial charge in [-0.05, 0) is 13.5 Å². The van der Waals surface area contributed by atoms with Crippen molar-refractivity contribution in [3.63, 3.8) is 0 Å². The molecule has 0 fully saturated rings. The maximum atomic E-state index is 8.43. The van der Waals surface area contributed by atoms with Gasteiger partial charge in [0, 0.05) is 19.1 Å². The zero-order chi connectivity index (χ0) is 7.82. The molecule has 0 radical (unpaired) electrons. The molecule has 0 saturated carbocycles. The molecule has 3 N–H and O–H groups in total. The summed E-state index contributed by atoms with van der Waals surface area (Å²) in [6, 6.07) is 0.497. The van der Waals surface area contributed by atoms with Gasteiger partial charge in [0.15, 0.2) is 0 Å². The molecule has 0 spiro atoms. The van der Waals surface area contributed by atoms with Gasteiger partial charge in [-0.3, -0.25) is 0 Å². The molecule has 0 rings (SSSR count). The van der Waals surface area contributed by atoms with Crippen LogP contribution < -0.4 is 10.6 Å². The monoisotopic (exact) mass is 146 g/mol. The quantitative estimate of drug-likeness (QED) is 0.445. The SMILES string of the molecule is CCNC(C)CNCCO. The molecule has 0 saturated heterocycles. The number of hydrogen-bond donors (Lipinski definition) is 3. The van der Waals surface area contributed by atoms with Gasteiger partial charge in [-0.25, -0.2) is 0 Å². The second kappa shape index (κ2) is 6.99. The van der Waals surface area contributed by atoms with Crippen molar-refractivity contribution in [1.82, 2.24) is 10.6 Å². The minimum Gasteiger partial charge on any atom is -0.395 e. The van der Waals surface area contributed by atoms with Crippen molar-refractivity contribution in [2.45, 2.75) is 19.9 Å². The summed E-state index contributed by atoms with van der Waals surface area (Å²) in [5.74, 6) is 0. The molecule has 3 heteroatoms. The average Bonchev–Trinajstić information content (AvgIpc) is 1.89. The predicted octanol–water partition coefficient (Wildman–Crippen LogP) is -0.434. The highest BCUT2D eigenvalue weighted by molar-refractivity contribution is 4.61. The molecule has 10 heavy (non-hydrogen) atoms. The minimum atomic E-state index is 0.221. The van der Waals surface area contributed by atoms with Crippen LogP contribution in [0, 0.1) is 0 Å². The van der Waals surface area contributed by atoms with E-state index in [1.165, 1.54) is 0 Å². The van der Waals surface area contributed by atoms with E-state index in [0.29, 0.717) is 12.6 Å². The average molecular weight is 146 g/mol. The Hall–Kier alpha value is -0.120. The minimum absolute atomic E-state index is 0.221. The van der Waals surface area contributed by atoms with Crippen LogP contribution in [0.25, 0.3) is 0 Å². The molecule has 0 aromatic heterocycles. The number of aliphatic hydroxyl groups is 1. The third-order valence-corrected chi connectivity index (χ3v) is 1.29. The summed E-state index contributed by atoms with van der Waals surface area (Å²) in [5, 5.41) is 14.8. The number of aliphatic hydroxyl groups excluding tert-OH is 1. The zero-order valence-corrected chi connectivity index (χ0v) is 6.85. The lowest BCUT2D eigenvalue weighted by atomic mass is 10.3. The van der Waals surface area contributed by atoms with Gasteiger partial charge in [0.2, 0.25) is 0 Å². The van der Waals surface area contributed by atoms with Gasteiger partial charge in [0.05, 0.1) is 6.61 Å². The van der Waals surface area contributed by atoms with Crippen LogP contribution in [-0.4, -0.2) is 37.4 Å². The lowest BCUT2D eigenvalue weighted by Crippen LogP contribution is -2.37. The van der Waals surface area contributed by atoms with Gasteiger partial charge >= 0.3 is 0 Å². The third kappa shape index (κ3) is 6.01. The number of hydrogen-bond acceptors (Lipinski definition) is 3. The van der Waals surface area contributed by atoms with E-state index in [0.717, 1.165) is 13.1 Å². The summed E-state index contributed by atoms with van der Waals surface area (Å²) in [5.41, 5.74) is 0. The van der Waals surface area contributed by atoms with Crippen LogP contribution in [0.15, 0.2) is 0 Å². The molecule has 0 bridgehead atoms. The van der Waals surface area contributed by atoms with Crippen molar-refractivity contribution >= 4 is 0 Å². The van der Waals surface area contributed by atoms with Crippen molar-refractivity contribution < 1.29 is 5.11 Å². The Bertz CT molecular complexity index is 68.6. The largest absolute Gasteiger partial charge is 0.395 e. The van der Waals surface area contributed by atoms with Crippen molar-refractivity contribution in [1.29, 1.82) is 0 Å². The van der Waals surface area contributed by atoms with Gasteiger partial charge in [0.1, 0.15) is 0 Å². The van der Waals surface area contributed by atoms with Crippen LogP contribution in [0.5, 0.6) is 0 Å². The molecule has 1 unspecified atom stereocenters. The molecule has 62 valence electrons. The van der Waals surface area contributed by atoms with Crippen molar-refractivity contribution in [2.24, 2.45) is 0 Å². The summed E-state index contributed by atoms with van der Waals surface area (Å²) in [7, 11) is 0. The number of likely N-dealkylation sites (N-methyl/N-ethyl adjacent to an activating group) is 1. The Morgan fingerprint density at radius 1 is 1.50 bits per heavy atom. The van der Waals surface area contributed by atoms with E-state index < -0.39 is 0 Å². The normalized spacial score (nSPS) is 13.5. The molecule has 3 nitrogen and oxygen atoms in total. The Morgan fingerprint density at radius 3 is 2.70 bits per heavy atom. The molecule has 0 amide bonds. The van der Waals surface area contributed by atoms with Gasteiger partial charge in [0.25, 0.3) is 0 Å². The van der Waals surface area contributed by atoms with E-state index in [2.05, 4.69) is 24.5 Å². The molecular weight excluding hydrogens is 128 g/mol. The standard InChI is InChI=1S/C7H18N2O/c1-3-9-7(2)6-8-4-5-10/h7-10H,3-6H2,1-2H3. The second-order valence-electron chi connectivity index (χ2n) is 2.39. The molecule has 1 atom stereocenters. The van der Waals surface area contributed by atoms with Crippen LogP contribution in [0.3, 0.4) is 0 Å². The molecule has 0 heterocycles. The van der Waals surface area contributed by atoms with E-state index in [-0.39, 0.29) is 6.61 Å². The molecule has 0 aliphatic heterocycles. The van der Waals surface area contributed by atoms with E-state index in [1.54, 1.807) is 0 Å². The van der Waals surface area contributed by atoms with Crippen LogP contribution in [-0.2, 0) is 0 Å². The summed E-state index contributed by atoms with van der Waals surface area (Å²) < 4.78 is 0. The van der Waals surface area contributed by atoms with E-state index in [1.807, 2.05) is 0 Å². The van der Waals surface area contributed by atoms with Crippen LogP contribution in [0.4, 0.5) is 0 Å². The molecule has 0 aliphatic rings. The fraction of sp³-hybridized carbons (Fsp3) is 1.00. The first-order valence-corrected chi connectivity index (χ1v) is 3.86. The highest BCUT2D eigenvalue weighted by Gasteiger charge is 1.95. The Balaban J connectivity index is 2.97. The number of rotatable bonds is 6. The highest BCUT2D eigenvalue weighted by atomic mass is 16.3. The smallest absolute Gasteiger partial charge is 0.0555 e. The zero-order valence-electron chi connectivity index (χ0n) is 6.85. The first kappa shape index (κ1) is 9.88. The van der Waals surface area contributed by atoms with Crippen molar-refractivity contribution in [3.8, 4) is 0 Å². The van der Waals surface area contributed by atoms with Gasteiger partial charge in [-0.2, -0.15) is 0 Å². The van der Waals surface area contributed by atoms with Gasteiger partial charge in [-0.15, -0.1) is 0 Å². The summed E-state index contributed by atoms with van der Waals surface area (Å²) in [6.45, 7) is 7.04. The van der Waals surface area contributed by atoms with Crippen LogP contribution in [0.1, 0.15) is 13.8 Å². The summed E-state index contributed by atoms with van der Waals surface area (Å²) in [4.78, 5) is 0. The lowest BCUT2D eigenvalue weighted by molar-refractivity contribution is 0.290. The fourth-order valence-electron chi connectivity index (χ4n) is 0.818. The second-order valence-corrected chi connectivity index (χ2v) is 2.39. The van der Waals surface area contributed by atoms with Crippen molar-refractivity contribution in [2.75, 3.05) is 26.2 Å². The predicted molar refractivity (Wildman–Crippen MR) is 43.1 cm³/mol. The topological polar surface area (TPSA) is 44.3 Å². The molecular formula is C7H18N2O. The Kier molecular flexibility index (Phi) is 6.91. The van der Waals surface area contributed by atoms with Crippen LogP contribution >= 0.6 is 0 Å². The fourth-order valence-corrected chi connectivity index (χ4v) is 0.818. The van der Waals surface area contributed by atoms with Gasteiger partial charge < -0.3 is 15.7 Å². The van der Waals surface area contributed by atoms with E-state index in [4.69, 9.17) is 5.11 Å². The lowest BCUT2D eigenvalue weighted by Gasteiger charge is -2.11. The van der Waals surface area contributed by atoms with Gasteiger partial charge in [-0.1, -0.05) is 6.92 Å². The molecule has 0 aromatic carbocycles. The maximum Gasteiger partial charge on any atom is 0.0555 e. The Morgan fingerprint density at radius 2 is 2.20 bits per heavy atom. The Labute approximate surface area is 62.8 Å². The molecule has 0 aromatic rings. The van der Waals surface area contributed by atoms with E-state index in [9.17, 15) is 0 Å². The van der Waals surface area contributed by atoms with E-state index >= 15 is 0 Å². The molecule has 0 aliphatic carbocycles. The first-order valence-electron chi connectivity index (χ1n) is 3.86. The third-order valence-electron chi connectivity index (χ3n) is 1.29.